The number of aromatic nitrogens is 2. The zero-order chi connectivity index (χ0) is 20.7. The molecule has 7 nitrogen and oxygen atoms in total. The third-order valence-corrected chi connectivity index (χ3v) is 5.26. The number of fused-ring (bicyclic) bond motifs is 1. The van der Waals surface area contributed by atoms with Crippen LogP contribution >= 0.6 is 0 Å². The number of methoxy groups -OCH3 is 1. The number of carbonyl (C=O) groups excluding carboxylic acids is 1. The quantitative estimate of drug-likeness (QED) is 0.589. The van der Waals surface area contributed by atoms with E-state index in [1.54, 1.807) is 17.0 Å². The second-order valence-electron chi connectivity index (χ2n) is 7.25. The molecule has 0 atom stereocenters. The molecule has 3 aromatic rings. The number of rotatable bonds is 4. The number of nitrogens with zero attached hydrogens (tertiary/aromatic N) is 2. The number of aliphatic hydroxyl groups excluding tert-OH is 1. The maximum Gasteiger partial charge on any atom is 0.337 e. The highest BCUT2D eigenvalue weighted by Crippen LogP contribution is 2.29. The fourth-order valence-corrected chi connectivity index (χ4v) is 3.49. The topological polar surface area (TPSA) is 102 Å². The van der Waals surface area contributed by atoms with Gasteiger partial charge in [-0.1, -0.05) is 12.1 Å². The van der Waals surface area contributed by atoms with E-state index in [9.17, 15) is 9.90 Å². The van der Waals surface area contributed by atoms with Crippen molar-refractivity contribution < 1.29 is 14.6 Å². The summed E-state index contributed by atoms with van der Waals surface area (Å²) in [6, 6.07) is 11.1. The number of hydrogen-bond donors (Lipinski definition) is 3. The summed E-state index contributed by atoms with van der Waals surface area (Å²) in [7, 11) is 1.35. The first-order valence-electron chi connectivity index (χ1n) is 9.28. The Balaban J connectivity index is 1.56. The van der Waals surface area contributed by atoms with Crippen LogP contribution in [-0.2, 0) is 11.3 Å². The van der Waals surface area contributed by atoms with Gasteiger partial charge in [0.05, 0.1) is 35.8 Å². The summed E-state index contributed by atoms with van der Waals surface area (Å²) in [5, 5.41) is 19.1. The maximum atomic E-state index is 11.6. The predicted octanol–water partition coefficient (Wildman–Crippen LogP) is 3.73. The average molecular weight is 390 g/mol. The second kappa shape index (κ2) is 7.09. The number of amidine groups is 1. The van der Waals surface area contributed by atoms with Gasteiger partial charge in [0.1, 0.15) is 17.4 Å². The number of aryl methyl sites for hydroxylation is 2. The van der Waals surface area contributed by atoms with E-state index in [0.29, 0.717) is 23.5 Å². The lowest BCUT2D eigenvalue weighted by Gasteiger charge is -2.18. The number of aliphatic hydroxyl groups is 1. The first-order valence-corrected chi connectivity index (χ1v) is 9.28. The van der Waals surface area contributed by atoms with Crippen LogP contribution in [0.25, 0.3) is 16.6 Å². The first kappa shape index (κ1) is 18.7. The van der Waals surface area contributed by atoms with Crippen LogP contribution in [0.3, 0.4) is 0 Å². The largest absolute Gasteiger partial charge is 0.510 e. The van der Waals surface area contributed by atoms with Gasteiger partial charge in [-0.2, -0.15) is 0 Å². The van der Waals surface area contributed by atoms with Crippen molar-refractivity contribution in [1.82, 2.24) is 14.9 Å². The minimum absolute atomic E-state index is 0.119. The minimum Gasteiger partial charge on any atom is -0.510 e. The Kier molecular flexibility index (Phi) is 4.58. The first-order chi connectivity index (χ1) is 13.9. The number of hydrogen-bond acceptors (Lipinski definition) is 5. The number of nitrogens with one attached hydrogen (secondary N) is 2. The van der Waals surface area contributed by atoms with E-state index < -0.39 is 0 Å². The van der Waals surface area contributed by atoms with Crippen molar-refractivity contribution in [1.29, 1.82) is 5.41 Å². The van der Waals surface area contributed by atoms with E-state index in [0.717, 1.165) is 27.7 Å². The number of ether oxygens (including phenoxy) is 1. The Morgan fingerprint density at radius 2 is 1.93 bits per heavy atom. The van der Waals surface area contributed by atoms with Gasteiger partial charge in [0, 0.05) is 6.54 Å². The number of benzene rings is 2. The van der Waals surface area contributed by atoms with E-state index in [-0.39, 0.29) is 24.1 Å². The monoisotopic (exact) mass is 390 g/mol. The van der Waals surface area contributed by atoms with Crippen molar-refractivity contribution in [2.24, 2.45) is 0 Å². The van der Waals surface area contributed by atoms with E-state index in [1.165, 1.54) is 7.11 Å². The summed E-state index contributed by atoms with van der Waals surface area (Å²) in [5.41, 5.74) is 5.81. The van der Waals surface area contributed by atoms with Gasteiger partial charge in [-0.05, 0) is 54.8 Å². The van der Waals surface area contributed by atoms with Crippen LogP contribution in [0.2, 0.25) is 0 Å². The Hall–Kier alpha value is -3.61. The number of carbonyl (C=O) groups is 1. The van der Waals surface area contributed by atoms with Gasteiger partial charge in [0.15, 0.2) is 0 Å². The molecule has 0 saturated carbocycles. The predicted molar refractivity (Wildman–Crippen MR) is 111 cm³/mol. The highest BCUT2D eigenvalue weighted by Gasteiger charge is 2.30. The van der Waals surface area contributed by atoms with E-state index in [1.807, 2.05) is 38.1 Å². The SMILES string of the molecule is COC(=O)c1ccc(CN2CC(O)=C(c3nc4cc(C)c(C)cc4[nH]3)C2=N)cc1. The molecule has 4 rings (SSSR count). The third kappa shape index (κ3) is 3.35. The minimum atomic E-state index is -0.387. The van der Waals surface area contributed by atoms with Crippen molar-refractivity contribution in [3.8, 4) is 0 Å². The van der Waals surface area contributed by atoms with Crippen LogP contribution in [0.4, 0.5) is 0 Å². The van der Waals surface area contributed by atoms with Gasteiger partial charge in [-0.15, -0.1) is 0 Å². The van der Waals surface area contributed by atoms with Gasteiger partial charge in [0.2, 0.25) is 0 Å². The number of imidazole rings is 1. The van der Waals surface area contributed by atoms with Crippen molar-refractivity contribution in [3.05, 3.63) is 70.2 Å². The molecule has 0 spiro atoms. The molecule has 29 heavy (non-hydrogen) atoms. The zero-order valence-electron chi connectivity index (χ0n) is 16.5. The lowest BCUT2D eigenvalue weighted by molar-refractivity contribution is 0.0600. The molecule has 3 N–H and O–H groups in total. The van der Waals surface area contributed by atoms with Crippen LogP contribution in [0.1, 0.15) is 32.9 Å². The second-order valence-corrected chi connectivity index (χ2v) is 7.25. The highest BCUT2D eigenvalue weighted by molar-refractivity contribution is 6.23. The van der Waals surface area contributed by atoms with Crippen molar-refractivity contribution in [3.63, 3.8) is 0 Å². The summed E-state index contributed by atoms with van der Waals surface area (Å²) in [5.74, 6) is 0.444. The molecule has 0 radical (unpaired) electrons. The molecule has 0 fully saturated rings. The molecule has 2 aromatic carbocycles. The molecule has 2 heterocycles. The lowest BCUT2D eigenvalue weighted by Crippen LogP contribution is -2.26. The fraction of sp³-hybridized carbons (Fsp3) is 0.227. The van der Waals surface area contributed by atoms with Crippen LogP contribution in [0.15, 0.2) is 42.2 Å². The van der Waals surface area contributed by atoms with Gasteiger partial charge < -0.3 is 19.7 Å². The van der Waals surface area contributed by atoms with Gasteiger partial charge >= 0.3 is 5.97 Å². The van der Waals surface area contributed by atoms with Crippen LogP contribution < -0.4 is 0 Å². The molecule has 0 unspecified atom stereocenters. The van der Waals surface area contributed by atoms with Crippen molar-refractivity contribution in [2.75, 3.05) is 13.7 Å². The molecular weight excluding hydrogens is 368 g/mol. The number of esters is 1. The molecule has 1 aliphatic rings. The van der Waals surface area contributed by atoms with E-state index in [2.05, 4.69) is 9.97 Å². The normalized spacial score (nSPS) is 14.2. The number of H-pyrrole nitrogens is 1. The maximum absolute atomic E-state index is 11.6. The molecule has 0 saturated heterocycles. The Bertz CT molecular complexity index is 1120. The summed E-state index contributed by atoms with van der Waals surface area (Å²) < 4.78 is 4.71. The lowest BCUT2D eigenvalue weighted by atomic mass is 10.1. The Morgan fingerprint density at radius 1 is 1.24 bits per heavy atom. The molecule has 1 aromatic heterocycles. The molecule has 148 valence electrons. The van der Waals surface area contributed by atoms with Gasteiger partial charge in [-0.25, -0.2) is 9.78 Å². The van der Waals surface area contributed by atoms with Crippen molar-refractivity contribution in [2.45, 2.75) is 20.4 Å². The van der Waals surface area contributed by atoms with Crippen LogP contribution in [0, 0.1) is 19.3 Å². The highest BCUT2D eigenvalue weighted by atomic mass is 16.5. The molecule has 1 aliphatic heterocycles. The van der Waals surface area contributed by atoms with Crippen LogP contribution in [-0.4, -0.2) is 45.4 Å². The molecule has 0 bridgehead atoms. The number of aromatic amines is 1. The summed E-state index contributed by atoms with van der Waals surface area (Å²) in [6.07, 6.45) is 0. The zero-order valence-corrected chi connectivity index (χ0v) is 16.5. The molecule has 0 aliphatic carbocycles. The Labute approximate surface area is 168 Å². The van der Waals surface area contributed by atoms with E-state index >= 15 is 0 Å². The molecule has 0 amide bonds. The summed E-state index contributed by atoms with van der Waals surface area (Å²) >= 11 is 0. The Morgan fingerprint density at radius 3 is 2.62 bits per heavy atom. The fourth-order valence-electron chi connectivity index (χ4n) is 3.49. The van der Waals surface area contributed by atoms with Gasteiger partial charge in [0.25, 0.3) is 0 Å². The smallest absolute Gasteiger partial charge is 0.337 e. The molecular formula is C22H22N4O3. The summed E-state index contributed by atoms with van der Waals surface area (Å²) in [6.45, 7) is 4.75. The van der Waals surface area contributed by atoms with Crippen LogP contribution in [0.5, 0.6) is 0 Å². The summed E-state index contributed by atoms with van der Waals surface area (Å²) in [4.78, 5) is 21.1. The van der Waals surface area contributed by atoms with E-state index in [4.69, 9.17) is 10.1 Å². The van der Waals surface area contributed by atoms with Crippen molar-refractivity contribution >= 4 is 28.4 Å². The third-order valence-electron chi connectivity index (χ3n) is 5.26. The standard InChI is InChI=1S/C22H22N4O3/c1-12-8-16-17(9-13(12)2)25-21(24-16)19-18(27)11-26(20(19)23)10-14-4-6-15(7-5-14)22(28)29-3/h4-9,23,27H,10-11H2,1-3H3,(H,24,25). The van der Waals surface area contributed by atoms with Gasteiger partial charge in [-0.3, -0.25) is 5.41 Å². The average Bonchev–Trinajstić information content (AvgIpc) is 3.21. The molecule has 7 heteroatoms.